The van der Waals surface area contributed by atoms with Crippen LogP contribution in [0.3, 0.4) is 0 Å². The molecule has 0 aromatic heterocycles. The lowest BCUT2D eigenvalue weighted by atomic mass is 9.98. The van der Waals surface area contributed by atoms with E-state index in [0.717, 1.165) is 0 Å². The van der Waals surface area contributed by atoms with Crippen LogP contribution in [0.15, 0.2) is 36.4 Å². The zero-order valence-corrected chi connectivity index (χ0v) is 22.0. The number of aliphatic hydroxyl groups is 5. The number of benzene rings is 2. The van der Waals surface area contributed by atoms with Crippen LogP contribution in [0, 0.1) is 0 Å². The molecule has 41 heavy (non-hydrogen) atoms. The monoisotopic (exact) mass is 584 g/mol. The topological polar surface area (TPSA) is 223 Å². The molecule has 0 saturated carbocycles. The highest BCUT2D eigenvalue weighted by Crippen LogP contribution is 2.35. The fourth-order valence-electron chi connectivity index (χ4n) is 4.29. The lowest BCUT2D eigenvalue weighted by molar-refractivity contribution is -0.318. The molecule has 0 amide bonds. The summed E-state index contributed by atoms with van der Waals surface area (Å²) in [6.07, 6.45) is -11.0. The largest absolute Gasteiger partial charge is 0.504 e. The Kier molecular flexibility index (Phi) is 9.41. The molecule has 15 heteroatoms. The zero-order valence-electron chi connectivity index (χ0n) is 22.0. The van der Waals surface area contributed by atoms with Crippen molar-refractivity contribution in [3.05, 3.63) is 42.0 Å². The van der Waals surface area contributed by atoms with Crippen LogP contribution in [0.2, 0.25) is 0 Å². The van der Waals surface area contributed by atoms with Gasteiger partial charge in [-0.3, -0.25) is 0 Å². The molecule has 2 aliphatic rings. The third-order valence-corrected chi connectivity index (χ3v) is 6.69. The van der Waals surface area contributed by atoms with E-state index in [4.69, 9.17) is 33.2 Å². The molecule has 226 valence electrons. The summed E-state index contributed by atoms with van der Waals surface area (Å²) in [6, 6.07) is 7.69. The average molecular weight is 585 g/mol. The molecule has 2 saturated heterocycles. The van der Waals surface area contributed by atoms with Crippen molar-refractivity contribution in [2.45, 2.75) is 48.7 Å². The first kappa shape index (κ1) is 30.5. The maximum atomic E-state index is 12.5. The molecule has 0 spiro atoms. The zero-order chi connectivity index (χ0) is 29.9. The Morgan fingerprint density at radius 1 is 0.976 bits per heavy atom. The van der Waals surface area contributed by atoms with Gasteiger partial charge < -0.3 is 68.9 Å². The summed E-state index contributed by atoms with van der Waals surface area (Å²) in [4.78, 5) is 12.5. The van der Waals surface area contributed by atoms with Crippen LogP contribution in [-0.4, -0.2) is 124 Å². The van der Waals surface area contributed by atoms with Gasteiger partial charge in [0.15, 0.2) is 41.0 Å². The van der Waals surface area contributed by atoms with Gasteiger partial charge in [-0.15, -0.1) is 0 Å². The molecule has 8 atom stereocenters. The Bertz CT molecular complexity index is 1210. The summed E-state index contributed by atoms with van der Waals surface area (Å²) in [5, 5.41) is 72.0. The number of carbonyl (C=O) groups is 1. The molecule has 4 rings (SSSR count). The molecule has 2 aromatic carbocycles. The van der Waals surface area contributed by atoms with E-state index in [9.17, 15) is 40.5 Å². The number of methoxy groups -OCH3 is 2. The van der Waals surface area contributed by atoms with Gasteiger partial charge in [0.1, 0.15) is 36.8 Å². The van der Waals surface area contributed by atoms with Crippen molar-refractivity contribution in [3.63, 3.8) is 0 Å². The van der Waals surface area contributed by atoms with Gasteiger partial charge in [-0.1, -0.05) is 0 Å². The smallest absolute Gasteiger partial charge is 0.338 e. The molecule has 0 radical (unpaired) electrons. The number of aromatic hydroxyl groups is 2. The Hall–Kier alpha value is -3.41. The van der Waals surface area contributed by atoms with Crippen LogP contribution in [0.25, 0.3) is 0 Å². The van der Waals surface area contributed by atoms with Crippen molar-refractivity contribution in [1.29, 1.82) is 0 Å². The van der Waals surface area contributed by atoms with Crippen LogP contribution in [0.5, 0.6) is 28.7 Å². The van der Waals surface area contributed by atoms with Crippen molar-refractivity contribution in [2.75, 3.05) is 34.0 Å². The summed E-state index contributed by atoms with van der Waals surface area (Å²) >= 11 is 0. The van der Waals surface area contributed by atoms with E-state index >= 15 is 0 Å². The standard InChI is InChI=1S/C26H32O15/c1-35-16-7-12(3-5-14(16)28)23(33)37-10-26(34)11-38-25(22(26)32)41-21-20(31)19(30)18(9-27)40-24(21)39-13-4-6-15(29)17(8-13)36-2/h3-8,18-22,24-25,27-32,34H,9-11H2,1-2H3/t18-,19-,20+,21-,22+,24-,25+,26-/m1/s1. The van der Waals surface area contributed by atoms with Crippen LogP contribution >= 0.6 is 0 Å². The van der Waals surface area contributed by atoms with Crippen LogP contribution in [-0.2, 0) is 18.9 Å². The van der Waals surface area contributed by atoms with E-state index in [1.54, 1.807) is 0 Å². The fourth-order valence-corrected chi connectivity index (χ4v) is 4.29. The molecule has 0 aliphatic carbocycles. The number of hydrogen-bond donors (Lipinski definition) is 7. The SMILES string of the molecule is COc1cc(O[C@@H]2O[C@H](CO)[C@@H](O)[C@H](O)[C@H]2O[C@@H]2OC[C@](O)(COC(=O)c3ccc(O)c(OC)c3)[C@H]2O)ccc1O. The molecule has 7 N–H and O–H groups in total. The predicted octanol–water partition coefficient (Wildman–Crippen LogP) is -1.38. The number of rotatable bonds is 10. The fraction of sp³-hybridized carbons (Fsp3) is 0.500. The highest BCUT2D eigenvalue weighted by molar-refractivity contribution is 5.90. The maximum Gasteiger partial charge on any atom is 0.338 e. The van der Waals surface area contributed by atoms with Crippen molar-refractivity contribution in [3.8, 4) is 28.7 Å². The first-order chi connectivity index (χ1) is 19.5. The van der Waals surface area contributed by atoms with Gasteiger partial charge in [-0.25, -0.2) is 4.79 Å². The Balaban J connectivity index is 1.45. The number of phenols is 2. The Labute approximate surface area is 233 Å². The normalized spacial score (nSPS) is 31.4. The Morgan fingerprint density at radius 2 is 1.63 bits per heavy atom. The lowest BCUT2D eigenvalue weighted by Gasteiger charge is -2.42. The molecule has 0 unspecified atom stereocenters. The summed E-state index contributed by atoms with van der Waals surface area (Å²) in [5.74, 6) is -1.07. The van der Waals surface area contributed by atoms with E-state index in [-0.39, 0.29) is 34.3 Å². The predicted molar refractivity (Wildman–Crippen MR) is 134 cm³/mol. The average Bonchev–Trinajstić information content (AvgIpc) is 3.25. The van der Waals surface area contributed by atoms with Crippen molar-refractivity contribution < 1.29 is 73.7 Å². The molecule has 2 aromatic rings. The van der Waals surface area contributed by atoms with E-state index in [1.165, 1.54) is 50.6 Å². The minimum absolute atomic E-state index is 0.00482. The van der Waals surface area contributed by atoms with Gasteiger partial charge in [0, 0.05) is 6.07 Å². The molecule has 2 fully saturated rings. The number of phenolic OH excluding ortho intramolecular Hbond substituents is 2. The number of carbonyl (C=O) groups excluding carboxylic acids is 1. The minimum atomic E-state index is -2.13. The summed E-state index contributed by atoms with van der Waals surface area (Å²) in [7, 11) is 2.62. The van der Waals surface area contributed by atoms with Crippen molar-refractivity contribution in [1.82, 2.24) is 0 Å². The second-order valence-electron chi connectivity index (χ2n) is 9.45. The van der Waals surface area contributed by atoms with Gasteiger partial charge in [0.2, 0.25) is 6.29 Å². The second kappa shape index (κ2) is 12.6. The van der Waals surface area contributed by atoms with Crippen LogP contribution < -0.4 is 14.2 Å². The second-order valence-corrected chi connectivity index (χ2v) is 9.45. The van der Waals surface area contributed by atoms with E-state index in [2.05, 4.69) is 0 Å². The van der Waals surface area contributed by atoms with E-state index in [1.807, 2.05) is 0 Å². The number of hydrogen-bond acceptors (Lipinski definition) is 15. The highest BCUT2D eigenvalue weighted by Gasteiger charge is 2.54. The number of aliphatic hydroxyl groups excluding tert-OH is 4. The summed E-state index contributed by atoms with van der Waals surface area (Å²) in [6.45, 7) is -1.94. The van der Waals surface area contributed by atoms with Crippen molar-refractivity contribution >= 4 is 5.97 Å². The highest BCUT2D eigenvalue weighted by atomic mass is 16.8. The van der Waals surface area contributed by atoms with Gasteiger partial charge in [0.05, 0.1) is 33.0 Å². The maximum absolute atomic E-state index is 12.5. The van der Waals surface area contributed by atoms with Crippen LogP contribution in [0.4, 0.5) is 0 Å². The first-order valence-corrected chi connectivity index (χ1v) is 12.4. The molecular weight excluding hydrogens is 552 g/mol. The molecule has 2 heterocycles. The summed E-state index contributed by atoms with van der Waals surface area (Å²) < 4.78 is 37.6. The van der Waals surface area contributed by atoms with Crippen molar-refractivity contribution in [2.24, 2.45) is 0 Å². The third kappa shape index (κ3) is 6.42. The van der Waals surface area contributed by atoms with E-state index in [0.29, 0.717) is 0 Å². The quantitative estimate of drug-likeness (QED) is 0.160. The summed E-state index contributed by atoms with van der Waals surface area (Å²) in [5.41, 5.74) is -2.13. The number of ether oxygens (including phenoxy) is 7. The Morgan fingerprint density at radius 3 is 2.29 bits per heavy atom. The number of esters is 1. The van der Waals surface area contributed by atoms with Gasteiger partial charge >= 0.3 is 5.97 Å². The van der Waals surface area contributed by atoms with E-state index < -0.39 is 74.5 Å². The third-order valence-electron chi connectivity index (χ3n) is 6.69. The minimum Gasteiger partial charge on any atom is -0.504 e. The van der Waals surface area contributed by atoms with Gasteiger partial charge in [0.25, 0.3) is 0 Å². The molecule has 0 bridgehead atoms. The first-order valence-electron chi connectivity index (χ1n) is 12.4. The van der Waals surface area contributed by atoms with Crippen LogP contribution in [0.1, 0.15) is 10.4 Å². The van der Waals surface area contributed by atoms with Gasteiger partial charge in [-0.05, 0) is 30.3 Å². The molecule has 15 nitrogen and oxygen atoms in total. The molecular formula is C26H32O15. The molecule has 2 aliphatic heterocycles. The lowest BCUT2D eigenvalue weighted by Crippen LogP contribution is -2.62. The van der Waals surface area contributed by atoms with Gasteiger partial charge in [-0.2, -0.15) is 0 Å².